The van der Waals surface area contributed by atoms with Crippen molar-refractivity contribution in [2.45, 2.75) is 213 Å². The second-order valence-corrected chi connectivity index (χ2v) is 13.6. The van der Waals surface area contributed by atoms with Gasteiger partial charge < -0.3 is 22.1 Å². The van der Waals surface area contributed by atoms with Crippen LogP contribution in [-0.2, 0) is 9.59 Å². The molecule has 2 amide bonds. The third kappa shape index (κ3) is 31.9. The van der Waals surface area contributed by atoms with E-state index in [1.54, 1.807) is 0 Å². The first kappa shape index (κ1) is 43.9. The van der Waals surface area contributed by atoms with E-state index in [2.05, 4.69) is 48.5 Å². The van der Waals surface area contributed by atoms with E-state index in [0.717, 1.165) is 38.5 Å². The SMILES string of the molecule is CCCCCCCC/C=C\CCCCCCCC(=O)N[C@@H](CCN=C(N)N)C(=O)NC(C)CCCCCCCCCCCCCC. The van der Waals surface area contributed by atoms with Crippen LogP contribution >= 0.6 is 0 Å². The molecule has 0 spiro atoms. The maximum absolute atomic E-state index is 13.1. The fraction of sp³-hybridized carbons (Fsp3) is 0.872. The molecule has 0 heterocycles. The van der Waals surface area contributed by atoms with Crippen molar-refractivity contribution in [2.75, 3.05) is 6.54 Å². The van der Waals surface area contributed by atoms with Gasteiger partial charge in [0, 0.05) is 19.0 Å². The Kier molecular flexibility index (Phi) is 32.8. The monoisotopic (exact) mass is 648 g/mol. The van der Waals surface area contributed by atoms with Crippen LogP contribution in [-0.4, -0.2) is 36.4 Å². The molecule has 0 saturated carbocycles. The van der Waals surface area contributed by atoms with Crippen molar-refractivity contribution in [3.05, 3.63) is 12.2 Å². The Morgan fingerprint density at radius 1 is 0.587 bits per heavy atom. The first-order valence-corrected chi connectivity index (χ1v) is 19.7. The maximum Gasteiger partial charge on any atom is 0.242 e. The highest BCUT2D eigenvalue weighted by atomic mass is 16.2. The molecule has 0 aromatic rings. The van der Waals surface area contributed by atoms with E-state index in [4.69, 9.17) is 11.5 Å². The second-order valence-electron chi connectivity index (χ2n) is 13.6. The minimum absolute atomic E-state index is 0.000813. The lowest BCUT2D eigenvalue weighted by atomic mass is 10.0. The van der Waals surface area contributed by atoms with Crippen LogP contribution in [0.25, 0.3) is 0 Å². The molecule has 0 aliphatic carbocycles. The molecule has 2 atom stereocenters. The smallest absolute Gasteiger partial charge is 0.242 e. The number of hydrogen-bond donors (Lipinski definition) is 4. The number of hydrogen-bond acceptors (Lipinski definition) is 3. The number of amides is 2. The van der Waals surface area contributed by atoms with E-state index in [1.807, 2.05) is 0 Å². The summed E-state index contributed by atoms with van der Waals surface area (Å²) in [6.45, 7) is 6.89. The van der Waals surface area contributed by atoms with Gasteiger partial charge >= 0.3 is 0 Å². The van der Waals surface area contributed by atoms with Crippen LogP contribution in [0, 0.1) is 0 Å². The summed E-state index contributed by atoms with van der Waals surface area (Å²) >= 11 is 0. The normalized spacial score (nSPS) is 12.7. The van der Waals surface area contributed by atoms with Crippen molar-refractivity contribution >= 4 is 17.8 Å². The molecule has 0 radical (unpaired) electrons. The highest BCUT2D eigenvalue weighted by molar-refractivity contribution is 5.87. The third-order valence-corrected chi connectivity index (χ3v) is 8.91. The van der Waals surface area contributed by atoms with Crippen LogP contribution in [0.3, 0.4) is 0 Å². The average Bonchev–Trinajstić information content (AvgIpc) is 3.02. The Morgan fingerprint density at radius 2 is 1.02 bits per heavy atom. The lowest BCUT2D eigenvalue weighted by molar-refractivity contribution is -0.129. The lowest BCUT2D eigenvalue weighted by Gasteiger charge is -2.21. The summed E-state index contributed by atoms with van der Waals surface area (Å²) in [5.74, 6) is -0.217. The average molecular weight is 648 g/mol. The molecule has 7 heteroatoms. The maximum atomic E-state index is 13.1. The summed E-state index contributed by atoms with van der Waals surface area (Å²) in [5, 5.41) is 6.06. The largest absolute Gasteiger partial charge is 0.370 e. The third-order valence-electron chi connectivity index (χ3n) is 8.91. The number of aliphatic imine (C=N–C) groups is 1. The molecule has 0 fully saturated rings. The van der Waals surface area contributed by atoms with Gasteiger partial charge in [-0.3, -0.25) is 14.6 Å². The van der Waals surface area contributed by atoms with Crippen LogP contribution in [0.4, 0.5) is 0 Å². The quantitative estimate of drug-likeness (QED) is 0.0240. The molecule has 0 saturated heterocycles. The van der Waals surface area contributed by atoms with Crippen LogP contribution in [0.2, 0.25) is 0 Å². The molecule has 0 aromatic carbocycles. The number of nitrogens with one attached hydrogen (secondary N) is 2. The minimum atomic E-state index is -0.622. The number of carbonyl (C=O) groups is 2. The predicted molar refractivity (Wildman–Crippen MR) is 200 cm³/mol. The molecular weight excluding hydrogens is 570 g/mol. The first-order chi connectivity index (χ1) is 22.4. The summed E-state index contributed by atoms with van der Waals surface area (Å²) in [7, 11) is 0. The Labute approximate surface area is 285 Å². The fourth-order valence-electron chi connectivity index (χ4n) is 5.92. The number of nitrogens with two attached hydrogens (primary N) is 2. The zero-order chi connectivity index (χ0) is 33.9. The number of unbranched alkanes of at least 4 members (excludes halogenated alkanes) is 22. The summed E-state index contributed by atoms with van der Waals surface area (Å²) in [6.07, 6.45) is 38.3. The number of carbonyl (C=O) groups excluding carboxylic acids is 2. The number of rotatable bonds is 34. The van der Waals surface area contributed by atoms with Crippen molar-refractivity contribution in [1.82, 2.24) is 10.6 Å². The van der Waals surface area contributed by atoms with Crippen molar-refractivity contribution in [1.29, 1.82) is 0 Å². The van der Waals surface area contributed by atoms with Crippen LogP contribution in [0.1, 0.15) is 201 Å². The van der Waals surface area contributed by atoms with E-state index in [-0.39, 0.29) is 23.8 Å². The molecule has 270 valence electrons. The fourth-order valence-corrected chi connectivity index (χ4v) is 5.92. The van der Waals surface area contributed by atoms with Gasteiger partial charge in [-0.1, -0.05) is 154 Å². The summed E-state index contributed by atoms with van der Waals surface area (Å²) < 4.78 is 0. The Hall–Kier alpha value is -2.05. The summed E-state index contributed by atoms with van der Waals surface area (Å²) in [5.41, 5.74) is 11.0. The molecule has 46 heavy (non-hydrogen) atoms. The Morgan fingerprint density at radius 3 is 1.50 bits per heavy atom. The number of allylic oxidation sites excluding steroid dienone is 2. The molecule has 0 aliphatic heterocycles. The highest BCUT2D eigenvalue weighted by Crippen LogP contribution is 2.14. The van der Waals surface area contributed by atoms with Crippen molar-refractivity contribution < 1.29 is 9.59 Å². The molecular formula is C39H77N5O2. The molecule has 7 nitrogen and oxygen atoms in total. The van der Waals surface area contributed by atoms with Gasteiger partial charge in [-0.25, -0.2) is 0 Å². The zero-order valence-electron chi connectivity index (χ0n) is 30.7. The van der Waals surface area contributed by atoms with E-state index in [1.165, 1.54) is 128 Å². The number of guanidine groups is 1. The first-order valence-electron chi connectivity index (χ1n) is 19.7. The van der Waals surface area contributed by atoms with Crippen LogP contribution in [0.5, 0.6) is 0 Å². The van der Waals surface area contributed by atoms with E-state index in [0.29, 0.717) is 19.4 Å². The molecule has 1 unspecified atom stereocenters. The van der Waals surface area contributed by atoms with Crippen LogP contribution < -0.4 is 22.1 Å². The van der Waals surface area contributed by atoms with Gasteiger partial charge in [0.25, 0.3) is 0 Å². The Balaban J connectivity index is 4.10. The van der Waals surface area contributed by atoms with Crippen molar-refractivity contribution in [2.24, 2.45) is 16.5 Å². The predicted octanol–water partition coefficient (Wildman–Crippen LogP) is 9.77. The van der Waals surface area contributed by atoms with Gasteiger partial charge in [0.05, 0.1) is 0 Å². The number of nitrogens with zero attached hydrogens (tertiary/aromatic N) is 1. The minimum Gasteiger partial charge on any atom is -0.370 e. The lowest BCUT2D eigenvalue weighted by Crippen LogP contribution is -2.49. The standard InChI is InChI=1S/C39H77N5O2/c1-4-6-8-10-12-14-16-18-19-20-22-24-26-28-30-32-37(45)44-36(33-34-42-39(40)41)38(46)43-35(3)31-29-27-25-23-21-17-15-13-11-9-7-5-2/h18-19,35-36H,4-17,20-34H2,1-3H3,(H,43,46)(H,44,45)(H4,40,41,42)/b19-18-/t35?,36-/m0/s1. The van der Waals surface area contributed by atoms with Gasteiger partial charge in [-0.2, -0.15) is 0 Å². The molecule has 0 aliphatic rings. The topological polar surface area (TPSA) is 123 Å². The molecule has 0 aromatic heterocycles. The zero-order valence-corrected chi connectivity index (χ0v) is 30.7. The molecule has 0 bridgehead atoms. The van der Waals surface area contributed by atoms with E-state index in [9.17, 15) is 9.59 Å². The van der Waals surface area contributed by atoms with Crippen LogP contribution in [0.15, 0.2) is 17.1 Å². The summed E-state index contributed by atoms with van der Waals surface area (Å²) in [6, 6.07) is -0.549. The Bertz CT molecular complexity index is 751. The molecule has 6 N–H and O–H groups in total. The van der Waals surface area contributed by atoms with Crippen molar-refractivity contribution in [3.63, 3.8) is 0 Å². The van der Waals surface area contributed by atoms with Gasteiger partial charge in [0.1, 0.15) is 6.04 Å². The van der Waals surface area contributed by atoms with E-state index < -0.39 is 6.04 Å². The molecule has 0 rings (SSSR count). The van der Waals surface area contributed by atoms with Gasteiger partial charge in [-0.15, -0.1) is 0 Å². The van der Waals surface area contributed by atoms with E-state index >= 15 is 0 Å². The van der Waals surface area contributed by atoms with Crippen molar-refractivity contribution in [3.8, 4) is 0 Å². The van der Waals surface area contributed by atoms with Gasteiger partial charge in [0.15, 0.2) is 5.96 Å². The highest BCUT2D eigenvalue weighted by Gasteiger charge is 2.21. The van der Waals surface area contributed by atoms with Gasteiger partial charge in [0.2, 0.25) is 11.8 Å². The second kappa shape index (κ2) is 34.3. The van der Waals surface area contributed by atoms with Gasteiger partial charge in [-0.05, 0) is 51.9 Å². The summed E-state index contributed by atoms with van der Waals surface area (Å²) in [4.78, 5) is 29.8.